The van der Waals surface area contributed by atoms with Crippen LogP contribution in [0.3, 0.4) is 0 Å². The molecule has 11 nitrogen and oxygen atoms in total. The number of carbonyl (C=O) groups excluding carboxylic acids is 4. The molecule has 3 amide bonds. The molecule has 3 unspecified atom stereocenters. The van der Waals surface area contributed by atoms with Gasteiger partial charge in [-0.2, -0.15) is 0 Å². The molecular weight excluding hydrogens is 482 g/mol. The number of benzene rings is 1. The fourth-order valence-corrected chi connectivity index (χ4v) is 3.55. The first-order valence-electron chi connectivity index (χ1n) is 12.3. The number of hydrogen-bond donors (Lipinski definition) is 4. The molecule has 37 heavy (non-hydrogen) atoms. The molecule has 0 aliphatic heterocycles. The van der Waals surface area contributed by atoms with E-state index in [1.54, 1.807) is 27.7 Å². The molecule has 0 fully saturated rings. The highest BCUT2D eigenvalue weighted by molar-refractivity contribution is 5.93. The number of alkyl carbamates (subject to hydrolysis) is 1. The van der Waals surface area contributed by atoms with Crippen molar-refractivity contribution < 1.29 is 38.9 Å². The largest absolute Gasteiger partial charge is 0.508 e. The van der Waals surface area contributed by atoms with Crippen molar-refractivity contribution in [2.45, 2.75) is 78.1 Å². The van der Waals surface area contributed by atoms with Crippen LogP contribution >= 0.6 is 0 Å². The van der Waals surface area contributed by atoms with E-state index in [1.807, 2.05) is 13.8 Å². The van der Waals surface area contributed by atoms with Gasteiger partial charge in [0.1, 0.15) is 30.0 Å². The van der Waals surface area contributed by atoms with E-state index in [4.69, 9.17) is 4.74 Å². The Balaban J connectivity index is 3.49. The lowest BCUT2D eigenvalue weighted by Crippen LogP contribution is -2.57. The number of ether oxygens (including phenoxy) is 2. The third kappa shape index (κ3) is 10.7. The zero-order valence-electron chi connectivity index (χ0n) is 22.7. The van der Waals surface area contributed by atoms with Gasteiger partial charge in [-0.15, -0.1) is 0 Å². The third-order valence-corrected chi connectivity index (χ3v) is 5.43. The minimum Gasteiger partial charge on any atom is -0.508 e. The van der Waals surface area contributed by atoms with Gasteiger partial charge in [0.15, 0.2) is 0 Å². The van der Waals surface area contributed by atoms with E-state index in [0.29, 0.717) is 17.9 Å². The summed E-state index contributed by atoms with van der Waals surface area (Å²) in [5.74, 6) is -1.79. The SMILES string of the molecule is COC(=O)CNC(=O)C(c1ccc(O)cc1)N(C(=O)C(CO)NC(=O)OC(C)(C)C)C(C)CCC(C)C. The molecule has 0 radical (unpaired) electrons. The molecule has 3 atom stereocenters. The van der Waals surface area contributed by atoms with Crippen LogP contribution in [-0.4, -0.2) is 76.9 Å². The molecule has 0 aromatic heterocycles. The molecule has 0 bridgehead atoms. The fourth-order valence-electron chi connectivity index (χ4n) is 3.55. The summed E-state index contributed by atoms with van der Waals surface area (Å²) in [7, 11) is 1.18. The topological polar surface area (TPSA) is 154 Å². The lowest BCUT2D eigenvalue weighted by molar-refractivity contribution is -0.147. The van der Waals surface area contributed by atoms with Gasteiger partial charge < -0.3 is 35.2 Å². The van der Waals surface area contributed by atoms with Gasteiger partial charge >= 0.3 is 12.1 Å². The monoisotopic (exact) mass is 523 g/mol. The molecule has 0 saturated carbocycles. The summed E-state index contributed by atoms with van der Waals surface area (Å²) in [6.45, 7) is 9.64. The quantitative estimate of drug-likeness (QED) is 0.304. The predicted molar refractivity (Wildman–Crippen MR) is 136 cm³/mol. The first kappa shape index (κ1) is 31.7. The maximum atomic E-state index is 13.8. The molecule has 1 aromatic carbocycles. The second-order valence-electron chi connectivity index (χ2n) is 10.2. The van der Waals surface area contributed by atoms with Crippen LogP contribution in [0.2, 0.25) is 0 Å². The number of esters is 1. The molecule has 208 valence electrons. The van der Waals surface area contributed by atoms with Gasteiger partial charge in [-0.05, 0) is 64.2 Å². The Morgan fingerprint density at radius 1 is 1.03 bits per heavy atom. The van der Waals surface area contributed by atoms with Crippen molar-refractivity contribution in [2.24, 2.45) is 5.92 Å². The molecule has 0 spiro atoms. The molecule has 0 aliphatic rings. The average Bonchev–Trinajstić information content (AvgIpc) is 2.81. The van der Waals surface area contributed by atoms with Crippen molar-refractivity contribution >= 4 is 23.9 Å². The van der Waals surface area contributed by atoms with E-state index >= 15 is 0 Å². The van der Waals surface area contributed by atoms with Crippen LogP contribution in [0.4, 0.5) is 4.79 Å². The standard InChI is InChI=1S/C26H41N3O8/c1-16(2)8-9-17(3)29(24(34)20(15-30)28-25(35)37-26(4,5)6)22(18-10-12-19(31)13-11-18)23(33)27-14-21(32)36-7/h10-13,16-17,20,22,30-31H,8-9,14-15H2,1-7H3,(H,27,33)(H,28,35). The van der Waals surface area contributed by atoms with Crippen molar-refractivity contribution in [3.05, 3.63) is 29.8 Å². The lowest BCUT2D eigenvalue weighted by Gasteiger charge is -2.38. The summed E-state index contributed by atoms with van der Waals surface area (Å²) in [6.07, 6.45) is 0.360. The molecule has 11 heteroatoms. The zero-order chi connectivity index (χ0) is 28.3. The number of hydrogen-bond acceptors (Lipinski definition) is 8. The van der Waals surface area contributed by atoms with Crippen molar-refractivity contribution in [3.63, 3.8) is 0 Å². The molecule has 1 aromatic rings. The second-order valence-corrected chi connectivity index (χ2v) is 10.2. The third-order valence-electron chi connectivity index (χ3n) is 5.43. The Morgan fingerprint density at radius 2 is 1.62 bits per heavy atom. The van der Waals surface area contributed by atoms with Gasteiger partial charge in [-0.25, -0.2) is 4.79 Å². The van der Waals surface area contributed by atoms with Gasteiger partial charge in [0.05, 0.1) is 13.7 Å². The van der Waals surface area contributed by atoms with Crippen molar-refractivity contribution in [1.29, 1.82) is 0 Å². The van der Waals surface area contributed by atoms with Crippen LogP contribution in [-0.2, 0) is 23.9 Å². The minimum atomic E-state index is -1.40. The summed E-state index contributed by atoms with van der Waals surface area (Å²) in [5.41, 5.74) is -0.474. The highest BCUT2D eigenvalue weighted by Gasteiger charge is 2.38. The number of nitrogens with one attached hydrogen (secondary N) is 2. The predicted octanol–water partition coefficient (Wildman–Crippen LogP) is 2.26. The van der Waals surface area contributed by atoms with E-state index < -0.39 is 60.8 Å². The highest BCUT2D eigenvalue weighted by atomic mass is 16.6. The van der Waals surface area contributed by atoms with Crippen LogP contribution in [0.5, 0.6) is 5.75 Å². The number of methoxy groups -OCH3 is 1. The van der Waals surface area contributed by atoms with E-state index in [9.17, 15) is 29.4 Å². The number of amides is 3. The Bertz CT molecular complexity index is 911. The zero-order valence-corrected chi connectivity index (χ0v) is 22.7. The second kappa shape index (κ2) is 14.4. The first-order valence-corrected chi connectivity index (χ1v) is 12.3. The highest BCUT2D eigenvalue weighted by Crippen LogP contribution is 2.28. The van der Waals surface area contributed by atoms with Gasteiger partial charge in [-0.1, -0.05) is 26.0 Å². The maximum absolute atomic E-state index is 13.8. The smallest absolute Gasteiger partial charge is 0.408 e. The summed E-state index contributed by atoms with van der Waals surface area (Å²) in [5, 5.41) is 24.7. The van der Waals surface area contributed by atoms with E-state index in [1.165, 1.54) is 36.3 Å². The number of phenolic OH excluding ortho intramolecular Hbond substituents is 1. The Morgan fingerprint density at radius 3 is 2.11 bits per heavy atom. The molecular formula is C26H41N3O8. The fraction of sp³-hybridized carbons (Fsp3) is 0.615. The summed E-state index contributed by atoms with van der Waals surface area (Å²) in [6, 6.07) is 2.58. The number of phenols is 1. The summed E-state index contributed by atoms with van der Waals surface area (Å²) in [4.78, 5) is 52.6. The van der Waals surface area contributed by atoms with E-state index in [-0.39, 0.29) is 5.75 Å². The van der Waals surface area contributed by atoms with Crippen LogP contribution < -0.4 is 10.6 Å². The number of nitrogens with zero attached hydrogens (tertiary/aromatic N) is 1. The van der Waals surface area contributed by atoms with Crippen molar-refractivity contribution in [1.82, 2.24) is 15.5 Å². The van der Waals surface area contributed by atoms with Gasteiger partial charge in [-0.3, -0.25) is 14.4 Å². The van der Waals surface area contributed by atoms with E-state index in [2.05, 4.69) is 15.4 Å². The summed E-state index contributed by atoms with van der Waals surface area (Å²) >= 11 is 0. The van der Waals surface area contributed by atoms with Crippen LogP contribution in [0, 0.1) is 5.92 Å². The van der Waals surface area contributed by atoms with Gasteiger partial charge in [0, 0.05) is 6.04 Å². The van der Waals surface area contributed by atoms with Gasteiger partial charge in [0.25, 0.3) is 0 Å². The van der Waals surface area contributed by atoms with Crippen molar-refractivity contribution in [3.8, 4) is 5.75 Å². The maximum Gasteiger partial charge on any atom is 0.408 e. The first-order chi connectivity index (χ1) is 17.2. The van der Waals surface area contributed by atoms with Crippen molar-refractivity contribution in [2.75, 3.05) is 20.3 Å². The minimum absolute atomic E-state index is 0.0389. The van der Waals surface area contributed by atoms with E-state index in [0.717, 1.165) is 6.42 Å². The Kier molecular flexibility index (Phi) is 12.3. The van der Waals surface area contributed by atoms with Crippen LogP contribution in [0.25, 0.3) is 0 Å². The number of rotatable bonds is 12. The van der Waals surface area contributed by atoms with Crippen LogP contribution in [0.1, 0.15) is 66.0 Å². The number of aliphatic hydroxyl groups is 1. The molecule has 0 heterocycles. The normalized spacial score (nSPS) is 13.8. The molecule has 4 N–H and O–H groups in total. The number of aromatic hydroxyl groups is 1. The molecule has 0 aliphatic carbocycles. The number of aliphatic hydroxyl groups excluding tert-OH is 1. The average molecular weight is 524 g/mol. The molecule has 0 saturated heterocycles. The Hall–Kier alpha value is -3.34. The van der Waals surface area contributed by atoms with Crippen LogP contribution in [0.15, 0.2) is 24.3 Å². The number of carbonyl (C=O) groups is 4. The van der Waals surface area contributed by atoms with Gasteiger partial charge in [0.2, 0.25) is 11.8 Å². The summed E-state index contributed by atoms with van der Waals surface area (Å²) < 4.78 is 9.83. The lowest BCUT2D eigenvalue weighted by atomic mass is 9.97. The Labute approximate surface area is 218 Å². The molecule has 1 rings (SSSR count).